The minimum absolute atomic E-state index is 0.329. The van der Waals surface area contributed by atoms with Gasteiger partial charge in [-0.15, -0.1) is 0 Å². The van der Waals surface area contributed by atoms with Crippen LogP contribution < -0.4 is 0 Å². The fraction of sp³-hybridized carbons (Fsp3) is 0. The molecule has 0 fully saturated rings. The van der Waals surface area contributed by atoms with Gasteiger partial charge in [-0.05, 0) is 6.07 Å². The summed E-state index contributed by atoms with van der Waals surface area (Å²) >= 11 is 0. The molecular formula is C6H4N4O4. The first kappa shape index (κ1) is 9.71. The topological polar surface area (TPSA) is 122 Å². The van der Waals surface area contributed by atoms with Gasteiger partial charge in [0.15, 0.2) is 5.69 Å². The van der Waals surface area contributed by atoms with E-state index >= 15 is 0 Å². The monoisotopic (exact) mass is 196 g/mol. The van der Waals surface area contributed by atoms with Gasteiger partial charge in [-0.3, -0.25) is 20.2 Å². The lowest BCUT2D eigenvalue weighted by Gasteiger charge is -1.95. The van der Waals surface area contributed by atoms with Crippen LogP contribution in [0.5, 0.6) is 0 Å². The number of nitrogens with one attached hydrogen (secondary N) is 1. The van der Waals surface area contributed by atoms with Gasteiger partial charge in [-0.1, -0.05) is 6.07 Å². The van der Waals surface area contributed by atoms with E-state index in [-0.39, 0.29) is 5.69 Å². The molecule has 0 spiro atoms. The van der Waals surface area contributed by atoms with Crippen LogP contribution in [0.1, 0.15) is 0 Å². The Morgan fingerprint density at radius 3 is 2.29 bits per heavy atom. The minimum atomic E-state index is -0.925. The summed E-state index contributed by atoms with van der Waals surface area (Å²) < 4.78 is 0. The van der Waals surface area contributed by atoms with Crippen molar-refractivity contribution in [3.8, 4) is 0 Å². The maximum atomic E-state index is 10.5. The summed E-state index contributed by atoms with van der Waals surface area (Å²) in [5.41, 5.74) is 4.86. The number of rotatable bonds is 3. The molecule has 0 unspecified atom stereocenters. The second-order valence-corrected chi connectivity index (χ2v) is 2.27. The Kier molecular flexibility index (Phi) is 2.47. The highest BCUT2D eigenvalue weighted by atomic mass is 16.6. The quantitative estimate of drug-likeness (QED) is 0.451. The summed E-state index contributed by atoms with van der Waals surface area (Å²) in [6.07, 6.45) is 0. The third-order valence-corrected chi connectivity index (χ3v) is 1.49. The van der Waals surface area contributed by atoms with Crippen molar-refractivity contribution >= 4 is 17.1 Å². The fourth-order valence-corrected chi connectivity index (χ4v) is 0.944. The van der Waals surface area contributed by atoms with Gasteiger partial charge in [0.05, 0.1) is 9.85 Å². The van der Waals surface area contributed by atoms with Crippen molar-refractivity contribution in [3.05, 3.63) is 38.4 Å². The lowest BCUT2D eigenvalue weighted by Crippen LogP contribution is -1.96. The predicted molar refractivity (Wildman–Crippen MR) is 44.6 cm³/mol. The number of nitrogens with zero attached hydrogens (tertiary/aromatic N) is 3. The Morgan fingerprint density at radius 1 is 1.21 bits per heavy atom. The van der Waals surface area contributed by atoms with E-state index in [0.717, 1.165) is 12.1 Å². The van der Waals surface area contributed by atoms with Crippen molar-refractivity contribution in [2.45, 2.75) is 0 Å². The average Bonchev–Trinajstić information content (AvgIpc) is 2.16. The summed E-state index contributed by atoms with van der Waals surface area (Å²) in [6.45, 7) is 0. The van der Waals surface area contributed by atoms with Crippen molar-refractivity contribution in [2.24, 2.45) is 5.11 Å². The molecule has 0 saturated carbocycles. The Morgan fingerprint density at radius 2 is 1.86 bits per heavy atom. The molecule has 0 aromatic heterocycles. The molecule has 0 aliphatic rings. The van der Waals surface area contributed by atoms with Crippen molar-refractivity contribution in [1.82, 2.24) is 0 Å². The molecular weight excluding hydrogens is 192 g/mol. The first-order valence-electron chi connectivity index (χ1n) is 3.37. The SMILES string of the molecule is N=Nc1cccc([N+](=O)[O-])c1[N+](=O)[O-]. The summed E-state index contributed by atoms with van der Waals surface area (Å²) in [7, 11) is 0. The van der Waals surface area contributed by atoms with Gasteiger partial charge < -0.3 is 0 Å². The normalized spacial score (nSPS) is 9.43. The van der Waals surface area contributed by atoms with Gasteiger partial charge in [0.25, 0.3) is 0 Å². The molecule has 8 nitrogen and oxygen atoms in total. The second kappa shape index (κ2) is 3.56. The van der Waals surface area contributed by atoms with Crippen molar-refractivity contribution in [2.75, 3.05) is 0 Å². The zero-order valence-electron chi connectivity index (χ0n) is 6.71. The molecule has 0 atom stereocenters. The Hall–Kier alpha value is -2.38. The molecule has 0 heterocycles. The molecule has 0 radical (unpaired) electrons. The van der Waals surface area contributed by atoms with E-state index in [9.17, 15) is 20.2 Å². The van der Waals surface area contributed by atoms with E-state index in [1.807, 2.05) is 0 Å². The van der Waals surface area contributed by atoms with E-state index in [4.69, 9.17) is 5.53 Å². The molecule has 0 aliphatic carbocycles. The molecule has 0 amide bonds. The number of hydrogen-bond acceptors (Lipinski definition) is 6. The number of hydrogen-bond donors (Lipinski definition) is 1. The Balaban J connectivity index is 3.51. The third kappa shape index (κ3) is 1.53. The second-order valence-electron chi connectivity index (χ2n) is 2.27. The number of nitro groups is 2. The number of nitro benzene ring substituents is 2. The Labute approximate surface area is 77.0 Å². The lowest BCUT2D eigenvalue weighted by molar-refractivity contribution is -0.421. The molecule has 0 bridgehead atoms. The minimum Gasteiger partial charge on any atom is -0.258 e. The Bertz CT molecular complexity index is 416. The van der Waals surface area contributed by atoms with Crippen LogP contribution in [0.15, 0.2) is 23.3 Å². The van der Waals surface area contributed by atoms with Crippen LogP contribution in [-0.4, -0.2) is 9.85 Å². The van der Waals surface area contributed by atoms with Crippen LogP contribution in [0.4, 0.5) is 17.1 Å². The summed E-state index contributed by atoms with van der Waals surface area (Å²) in [4.78, 5) is 19.0. The zero-order valence-corrected chi connectivity index (χ0v) is 6.71. The van der Waals surface area contributed by atoms with Crippen LogP contribution in [-0.2, 0) is 0 Å². The largest absolute Gasteiger partial charge is 0.373 e. The predicted octanol–water partition coefficient (Wildman–Crippen LogP) is 2.17. The van der Waals surface area contributed by atoms with E-state index in [2.05, 4.69) is 5.11 Å². The molecule has 0 aliphatic heterocycles. The third-order valence-electron chi connectivity index (χ3n) is 1.49. The summed E-state index contributed by atoms with van der Waals surface area (Å²) in [6, 6.07) is 3.39. The van der Waals surface area contributed by atoms with Gasteiger partial charge in [0.2, 0.25) is 0 Å². The van der Waals surface area contributed by atoms with Crippen molar-refractivity contribution < 1.29 is 9.85 Å². The molecule has 72 valence electrons. The molecule has 1 aromatic carbocycles. The molecule has 1 aromatic rings. The first-order valence-corrected chi connectivity index (χ1v) is 3.37. The number of para-hydroxylation sites is 1. The van der Waals surface area contributed by atoms with Gasteiger partial charge in [-0.2, -0.15) is 5.11 Å². The van der Waals surface area contributed by atoms with Crippen molar-refractivity contribution in [1.29, 1.82) is 5.53 Å². The van der Waals surface area contributed by atoms with Crippen LogP contribution in [0.2, 0.25) is 0 Å². The van der Waals surface area contributed by atoms with Crippen LogP contribution >= 0.6 is 0 Å². The first-order chi connectivity index (χ1) is 6.57. The zero-order chi connectivity index (χ0) is 10.7. The lowest BCUT2D eigenvalue weighted by atomic mass is 10.2. The van der Waals surface area contributed by atoms with E-state index in [1.165, 1.54) is 6.07 Å². The highest BCUT2D eigenvalue weighted by molar-refractivity contribution is 5.68. The molecule has 1 rings (SSSR count). The fourth-order valence-electron chi connectivity index (χ4n) is 0.944. The number of benzene rings is 1. The van der Waals surface area contributed by atoms with E-state index < -0.39 is 21.2 Å². The van der Waals surface area contributed by atoms with Gasteiger partial charge in [0, 0.05) is 6.07 Å². The molecule has 14 heavy (non-hydrogen) atoms. The van der Waals surface area contributed by atoms with E-state index in [0.29, 0.717) is 0 Å². The van der Waals surface area contributed by atoms with Crippen LogP contribution in [0.3, 0.4) is 0 Å². The van der Waals surface area contributed by atoms with Crippen LogP contribution in [0, 0.1) is 25.8 Å². The highest BCUT2D eigenvalue weighted by Crippen LogP contribution is 2.35. The standard InChI is InChI=1S/C6H4N4O4/c7-8-4-2-1-3-5(9(11)12)6(4)10(13)14/h1-3,7H. The average molecular weight is 196 g/mol. The smallest absolute Gasteiger partial charge is 0.258 e. The van der Waals surface area contributed by atoms with Gasteiger partial charge >= 0.3 is 11.4 Å². The molecule has 1 N–H and O–H groups in total. The maximum absolute atomic E-state index is 10.5. The summed E-state index contributed by atoms with van der Waals surface area (Å²) in [5, 5.41) is 23.7. The maximum Gasteiger partial charge on any atom is 0.373 e. The van der Waals surface area contributed by atoms with Crippen LogP contribution in [0.25, 0.3) is 0 Å². The van der Waals surface area contributed by atoms with Gasteiger partial charge in [0.1, 0.15) is 0 Å². The van der Waals surface area contributed by atoms with Gasteiger partial charge in [-0.25, -0.2) is 5.53 Å². The summed E-state index contributed by atoms with van der Waals surface area (Å²) in [5.74, 6) is 0. The highest BCUT2D eigenvalue weighted by Gasteiger charge is 2.27. The molecule has 0 saturated heterocycles. The molecule has 8 heteroatoms. The van der Waals surface area contributed by atoms with E-state index in [1.54, 1.807) is 0 Å². The van der Waals surface area contributed by atoms with Crippen molar-refractivity contribution in [3.63, 3.8) is 0 Å².